The first kappa shape index (κ1) is 21.3. The standard InChI is InChI=1S/C20H18ClF2N3O2S/c1-13(9-11-29-14-6-3-2-4-7-14)28-20(27)15-12-25-26(17(15)18(22)23)19-16(21)8-5-10-24-19/h2-8,10,12-13,18H,9,11H2,1H3. The molecule has 0 aliphatic carbocycles. The summed E-state index contributed by atoms with van der Waals surface area (Å²) in [5.41, 5.74) is -0.897. The monoisotopic (exact) mass is 437 g/mol. The number of ether oxygens (including phenoxy) is 1. The van der Waals surface area contributed by atoms with Gasteiger partial charge >= 0.3 is 5.97 Å². The van der Waals surface area contributed by atoms with Crippen molar-refractivity contribution >= 4 is 29.3 Å². The second-order valence-corrected chi connectivity index (χ2v) is 7.71. The third kappa shape index (κ3) is 5.33. The lowest BCUT2D eigenvalue weighted by molar-refractivity contribution is 0.0326. The summed E-state index contributed by atoms with van der Waals surface area (Å²) in [6, 6.07) is 12.9. The van der Waals surface area contributed by atoms with Crippen molar-refractivity contribution in [1.82, 2.24) is 14.8 Å². The highest BCUT2D eigenvalue weighted by molar-refractivity contribution is 7.99. The second kappa shape index (κ2) is 9.84. The Kier molecular flexibility index (Phi) is 7.22. The minimum Gasteiger partial charge on any atom is -0.459 e. The van der Waals surface area contributed by atoms with E-state index in [1.807, 2.05) is 30.3 Å². The van der Waals surface area contributed by atoms with Crippen LogP contribution in [-0.4, -0.2) is 32.6 Å². The van der Waals surface area contributed by atoms with Crippen molar-refractivity contribution in [2.75, 3.05) is 5.75 Å². The van der Waals surface area contributed by atoms with E-state index in [9.17, 15) is 13.6 Å². The van der Waals surface area contributed by atoms with E-state index in [-0.39, 0.29) is 16.4 Å². The fraction of sp³-hybridized carbons (Fsp3) is 0.250. The Bertz CT molecular complexity index is 969. The molecule has 0 aliphatic heterocycles. The molecule has 0 radical (unpaired) electrons. The Labute approximate surface area is 176 Å². The van der Waals surface area contributed by atoms with Crippen LogP contribution in [0.4, 0.5) is 8.78 Å². The highest BCUT2D eigenvalue weighted by Gasteiger charge is 2.28. The van der Waals surface area contributed by atoms with Gasteiger partial charge in [0.2, 0.25) is 0 Å². The van der Waals surface area contributed by atoms with Gasteiger partial charge in [-0.2, -0.15) is 5.10 Å². The van der Waals surface area contributed by atoms with E-state index in [1.165, 1.54) is 12.3 Å². The maximum Gasteiger partial charge on any atom is 0.342 e. The van der Waals surface area contributed by atoms with Crippen LogP contribution in [0, 0.1) is 0 Å². The molecule has 0 fully saturated rings. The van der Waals surface area contributed by atoms with Crippen LogP contribution >= 0.6 is 23.4 Å². The number of hydrogen-bond donors (Lipinski definition) is 0. The average molecular weight is 438 g/mol. The van der Waals surface area contributed by atoms with Crippen molar-refractivity contribution in [3.63, 3.8) is 0 Å². The van der Waals surface area contributed by atoms with Crippen molar-refractivity contribution in [2.45, 2.75) is 30.8 Å². The normalized spacial score (nSPS) is 12.2. The zero-order chi connectivity index (χ0) is 20.8. The van der Waals surface area contributed by atoms with Crippen LogP contribution in [0.25, 0.3) is 5.82 Å². The Morgan fingerprint density at radius 3 is 2.69 bits per heavy atom. The second-order valence-electron chi connectivity index (χ2n) is 6.13. The fourth-order valence-electron chi connectivity index (χ4n) is 2.59. The summed E-state index contributed by atoms with van der Waals surface area (Å²) in [6.45, 7) is 1.73. The van der Waals surface area contributed by atoms with Gasteiger partial charge in [0.1, 0.15) is 17.4 Å². The molecule has 3 aromatic rings. The van der Waals surface area contributed by atoms with E-state index in [1.54, 1.807) is 24.8 Å². The molecule has 2 aromatic heterocycles. The first-order valence-corrected chi connectivity index (χ1v) is 10.2. The van der Waals surface area contributed by atoms with Gasteiger partial charge in [0.25, 0.3) is 6.43 Å². The Morgan fingerprint density at radius 1 is 1.24 bits per heavy atom. The summed E-state index contributed by atoms with van der Waals surface area (Å²) in [7, 11) is 0. The Hall–Kier alpha value is -2.45. The van der Waals surface area contributed by atoms with Crippen LogP contribution in [0.2, 0.25) is 5.02 Å². The van der Waals surface area contributed by atoms with Crippen LogP contribution < -0.4 is 0 Å². The molecule has 9 heteroatoms. The number of carbonyl (C=O) groups excluding carboxylic acids is 1. The molecule has 3 rings (SSSR count). The van der Waals surface area contributed by atoms with E-state index < -0.39 is 24.2 Å². The number of aromatic nitrogens is 3. The SMILES string of the molecule is CC(CCSc1ccccc1)OC(=O)c1cnn(-c2ncccc2Cl)c1C(F)F. The average Bonchev–Trinajstić information content (AvgIpc) is 3.14. The van der Waals surface area contributed by atoms with E-state index >= 15 is 0 Å². The Balaban J connectivity index is 1.68. The number of nitrogens with zero attached hydrogens (tertiary/aromatic N) is 3. The fourth-order valence-corrected chi connectivity index (χ4v) is 3.83. The minimum absolute atomic E-state index is 0.0239. The molecule has 0 aliphatic rings. The molecule has 0 saturated carbocycles. The van der Waals surface area contributed by atoms with Gasteiger partial charge in [-0.3, -0.25) is 0 Å². The number of benzene rings is 1. The minimum atomic E-state index is -2.96. The molecule has 0 saturated heterocycles. The molecular weight excluding hydrogens is 420 g/mol. The van der Waals surface area contributed by atoms with Gasteiger partial charge in [-0.05, 0) is 37.6 Å². The van der Waals surface area contributed by atoms with Crippen molar-refractivity contribution in [1.29, 1.82) is 0 Å². The van der Waals surface area contributed by atoms with Crippen molar-refractivity contribution < 1.29 is 18.3 Å². The third-order valence-corrected chi connectivity index (χ3v) is 5.36. The van der Waals surface area contributed by atoms with E-state index in [2.05, 4.69) is 10.1 Å². The number of hydrogen-bond acceptors (Lipinski definition) is 5. The lowest BCUT2D eigenvalue weighted by Crippen LogP contribution is -2.17. The molecule has 1 aromatic carbocycles. The van der Waals surface area contributed by atoms with Crippen LogP contribution in [0.5, 0.6) is 0 Å². The van der Waals surface area contributed by atoms with Crippen LogP contribution in [0.3, 0.4) is 0 Å². The van der Waals surface area contributed by atoms with Crippen molar-refractivity contribution in [3.8, 4) is 5.82 Å². The number of esters is 1. The summed E-state index contributed by atoms with van der Waals surface area (Å²) in [5.74, 6) is -0.102. The highest BCUT2D eigenvalue weighted by atomic mass is 35.5. The van der Waals surface area contributed by atoms with Crippen LogP contribution in [0.1, 0.15) is 35.8 Å². The molecule has 1 atom stereocenters. The highest BCUT2D eigenvalue weighted by Crippen LogP contribution is 2.28. The third-order valence-electron chi connectivity index (χ3n) is 4.02. The molecule has 0 N–H and O–H groups in total. The molecule has 5 nitrogen and oxygen atoms in total. The molecule has 2 heterocycles. The topological polar surface area (TPSA) is 57.0 Å². The lowest BCUT2D eigenvalue weighted by Gasteiger charge is -2.14. The van der Waals surface area contributed by atoms with Crippen molar-refractivity contribution in [2.24, 2.45) is 0 Å². The summed E-state index contributed by atoms with van der Waals surface area (Å²) in [5, 5.41) is 4.03. The number of alkyl halides is 2. The Morgan fingerprint density at radius 2 is 2.00 bits per heavy atom. The maximum absolute atomic E-state index is 13.7. The molecule has 1 unspecified atom stereocenters. The number of halogens is 3. The molecule has 152 valence electrons. The van der Waals surface area contributed by atoms with Gasteiger partial charge in [-0.15, -0.1) is 11.8 Å². The molecule has 0 bridgehead atoms. The molecule has 0 amide bonds. The predicted molar refractivity (Wildman–Crippen MR) is 108 cm³/mol. The zero-order valence-corrected chi connectivity index (χ0v) is 17.0. The first-order chi connectivity index (χ1) is 14.0. The summed E-state index contributed by atoms with van der Waals surface area (Å²) in [6.07, 6.45) is -0.355. The summed E-state index contributed by atoms with van der Waals surface area (Å²) in [4.78, 5) is 17.6. The predicted octanol–water partition coefficient (Wildman–Crippen LogP) is 5.59. The maximum atomic E-state index is 13.7. The van der Waals surface area contributed by atoms with Gasteiger partial charge < -0.3 is 4.74 Å². The number of carbonyl (C=O) groups is 1. The zero-order valence-electron chi connectivity index (χ0n) is 15.5. The van der Waals surface area contributed by atoms with E-state index in [4.69, 9.17) is 16.3 Å². The van der Waals surface area contributed by atoms with Crippen LogP contribution in [-0.2, 0) is 4.74 Å². The largest absolute Gasteiger partial charge is 0.459 e. The van der Waals surface area contributed by atoms with E-state index in [0.29, 0.717) is 6.42 Å². The summed E-state index contributed by atoms with van der Waals surface area (Å²) < 4.78 is 33.6. The van der Waals surface area contributed by atoms with Gasteiger partial charge in [-0.25, -0.2) is 23.2 Å². The number of thioether (sulfide) groups is 1. The van der Waals surface area contributed by atoms with Crippen molar-refractivity contribution in [3.05, 3.63) is 71.1 Å². The summed E-state index contributed by atoms with van der Waals surface area (Å²) >= 11 is 7.66. The van der Waals surface area contributed by atoms with E-state index in [0.717, 1.165) is 21.5 Å². The molecule has 29 heavy (non-hydrogen) atoms. The number of rotatable bonds is 8. The lowest BCUT2D eigenvalue weighted by atomic mass is 10.2. The quantitative estimate of drug-likeness (QED) is 0.340. The van der Waals surface area contributed by atoms with Crippen LogP contribution in [0.15, 0.2) is 59.8 Å². The molecular formula is C20H18ClF2N3O2S. The molecule has 0 spiro atoms. The van der Waals surface area contributed by atoms with Gasteiger partial charge in [0.05, 0.1) is 11.2 Å². The first-order valence-electron chi connectivity index (χ1n) is 8.83. The number of pyridine rings is 1. The van der Waals surface area contributed by atoms with Gasteiger partial charge in [0, 0.05) is 16.8 Å². The van der Waals surface area contributed by atoms with Gasteiger partial charge in [-0.1, -0.05) is 29.8 Å². The smallest absolute Gasteiger partial charge is 0.342 e. The van der Waals surface area contributed by atoms with Gasteiger partial charge in [0.15, 0.2) is 5.82 Å².